The number of aromatic nitrogens is 2. The van der Waals surface area contributed by atoms with E-state index in [1.165, 1.54) is 4.68 Å². The number of anilines is 1. The second kappa shape index (κ2) is 6.39. The molecule has 1 aromatic heterocycles. The van der Waals surface area contributed by atoms with Crippen LogP contribution in [0.1, 0.15) is 36.5 Å². The van der Waals surface area contributed by atoms with Gasteiger partial charge in [-0.2, -0.15) is 5.10 Å². The molecule has 0 fully saturated rings. The molecule has 1 rings (SSSR count). The van der Waals surface area contributed by atoms with Crippen molar-refractivity contribution < 1.29 is 9.90 Å². The molecule has 0 saturated heterocycles. The van der Waals surface area contributed by atoms with Crippen LogP contribution in [0.3, 0.4) is 0 Å². The van der Waals surface area contributed by atoms with Gasteiger partial charge >= 0.3 is 0 Å². The average molecular weight is 254 g/mol. The Bertz CT molecular complexity index is 414. The van der Waals surface area contributed by atoms with Gasteiger partial charge in [-0.15, -0.1) is 0 Å². The number of nitrogen functional groups attached to an aromatic ring is 1. The van der Waals surface area contributed by atoms with Crippen LogP contribution in [-0.4, -0.2) is 33.9 Å². The molecule has 0 saturated carbocycles. The van der Waals surface area contributed by atoms with Gasteiger partial charge in [-0.05, 0) is 18.8 Å². The van der Waals surface area contributed by atoms with Crippen LogP contribution in [0.4, 0.5) is 5.69 Å². The van der Waals surface area contributed by atoms with E-state index in [0.717, 1.165) is 5.69 Å². The first kappa shape index (κ1) is 14.5. The maximum Gasteiger partial charge on any atom is 0.271 e. The maximum absolute atomic E-state index is 12.0. The normalized spacial score (nSPS) is 12.4. The van der Waals surface area contributed by atoms with Crippen LogP contribution in [0.25, 0.3) is 0 Å². The fourth-order valence-electron chi connectivity index (χ4n) is 1.80. The van der Waals surface area contributed by atoms with E-state index in [1.807, 2.05) is 13.8 Å². The van der Waals surface area contributed by atoms with Gasteiger partial charge in [0.05, 0.1) is 11.4 Å². The van der Waals surface area contributed by atoms with Gasteiger partial charge in [-0.3, -0.25) is 9.48 Å². The van der Waals surface area contributed by atoms with Gasteiger partial charge in [0, 0.05) is 20.2 Å². The molecule has 0 aliphatic carbocycles. The zero-order valence-corrected chi connectivity index (χ0v) is 11.2. The van der Waals surface area contributed by atoms with Gasteiger partial charge in [-0.25, -0.2) is 0 Å². The van der Waals surface area contributed by atoms with Crippen LogP contribution in [0.2, 0.25) is 0 Å². The predicted octanol–water partition coefficient (Wildman–Crippen LogP) is 0.313. The van der Waals surface area contributed by atoms with Crippen molar-refractivity contribution in [1.29, 1.82) is 0 Å². The molecule has 0 aliphatic rings. The Hall–Kier alpha value is -1.56. The SMILES string of the molecule is CCc1nn(C)c(C(=O)NCC(C)CCO)c1N. The molecule has 1 atom stereocenters. The van der Waals surface area contributed by atoms with Gasteiger partial charge in [0.2, 0.25) is 0 Å². The number of hydrogen-bond acceptors (Lipinski definition) is 4. The molecule has 0 spiro atoms. The summed E-state index contributed by atoms with van der Waals surface area (Å²) in [6.07, 6.45) is 1.37. The first-order chi connectivity index (χ1) is 8.51. The molecule has 6 heteroatoms. The van der Waals surface area contributed by atoms with Crippen molar-refractivity contribution >= 4 is 11.6 Å². The molecule has 1 unspecified atom stereocenters. The van der Waals surface area contributed by atoms with E-state index in [0.29, 0.717) is 30.8 Å². The quantitative estimate of drug-likeness (QED) is 0.681. The highest BCUT2D eigenvalue weighted by Gasteiger charge is 2.19. The number of carbonyl (C=O) groups excluding carboxylic acids is 1. The van der Waals surface area contributed by atoms with E-state index >= 15 is 0 Å². The molecule has 0 bridgehead atoms. The summed E-state index contributed by atoms with van der Waals surface area (Å²) < 4.78 is 1.51. The molecule has 1 aromatic rings. The molecule has 4 N–H and O–H groups in total. The van der Waals surface area contributed by atoms with Crippen molar-refractivity contribution in [2.24, 2.45) is 13.0 Å². The highest BCUT2D eigenvalue weighted by Crippen LogP contribution is 2.16. The van der Waals surface area contributed by atoms with Gasteiger partial charge in [0.15, 0.2) is 0 Å². The number of rotatable bonds is 6. The largest absolute Gasteiger partial charge is 0.396 e. The topological polar surface area (TPSA) is 93.2 Å². The van der Waals surface area contributed by atoms with E-state index in [-0.39, 0.29) is 18.4 Å². The van der Waals surface area contributed by atoms with E-state index in [4.69, 9.17) is 10.8 Å². The number of nitrogens with two attached hydrogens (primary N) is 1. The number of aliphatic hydroxyl groups is 1. The Morgan fingerprint density at radius 3 is 2.78 bits per heavy atom. The molecule has 0 aromatic carbocycles. The molecule has 6 nitrogen and oxygen atoms in total. The van der Waals surface area contributed by atoms with Crippen LogP contribution >= 0.6 is 0 Å². The van der Waals surface area contributed by atoms with Crippen LogP contribution in [-0.2, 0) is 13.5 Å². The lowest BCUT2D eigenvalue weighted by atomic mass is 10.1. The third-order valence-electron chi connectivity index (χ3n) is 2.94. The Kier molecular flexibility index (Phi) is 5.15. The van der Waals surface area contributed by atoms with E-state index < -0.39 is 0 Å². The maximum atomic E-state index is 12.0. The molecule has 1 amide bonds. The summed E-state index contributed by atoms with van der Waals surface area (Å²) in [7, 11) is 1.71. The Labute approximate surface area is 107 Å². The minimum Gasteiger partial charge on any atom is -0.396 e. The molecule has 0 radical (unpaired) electrons. The fourth-order valence-corrected chi connectivity index (χ4v) is 1.80. The number of amides is 1. The third kappa shape index (κ3) is 3.22. The average Bonchev–Trinajstić information content (AvgIpc) is 2.61. The molecular formula is C12H22N4O2. The van der Waals surface area contributed by atoms with E-state index in [9.17, 15) is 4.79 Å². The fraction of sp³-hybridized carbons (Fsp3) is 0.667. The number of aryl methyl sites for hydroxylation is 2. The highest BCUT2D eigenvalue weighted by atomic mass is 16.3. The lowest BCUT2D eigenvalue weighted by Crippen LogP contribution is -2.30. The number of nitrogens with zero attached hydrogens (tertiary/aromatic N) is 2. The summed E-state index contributed by atoms with van der Waals surface area (Å²) in [6, 6.07) is 0. The minimum atomic E-state index is -0.216. The number of nitrogens with one attached hydrogen (secondary N) is 1. The monoisotopic (exact) mass is 254 g/mol. The molecular weight excluding hydrogens is 232 g/mol. The van der Waals surface area contributed by atoms with Crippen LogP contribution in [0, 0.1) is 5.92 Å². The Balaban J connectivity index is 2.70. The highest BCUT2D eigenvalue weighted by molar-refractivity contribution is 5.97. The predicted molar refractivity (Wildman–Crippen MR) is 70.2 cm³/mol. The minimum absolute atomic E-state index is 0.130. The van der Waals surface area contributed by atoms with Crippen molar-refractivity contribution in [3.05, 3.63) is 11.4 Å². The summed E-state index contributed by atoms with van der Waals surface area (Å²) in [5.41, 5.74) is 7.50. The van der Waals surface area contributed by atoms with Crippen molar-refractivity contribution in [1.82, 2.24) is 15.1 Å². The van der Waals surface area contributed by atoms with Crippen molar-refractivity contribution in [2.45, 2.75) is 26.7 Å². The molecule has 0 aliphatic heterocycles. The summed E-state index contributed by atoms with van der Waals surface area (Å²) in [5, 5.41) is 15.8. The first-order valence-corrected chi connectivity index (χ1v) is 6.21. The summed E-state index contributed by atoms with van der Waals surface area (Å²) in [4.78, 5) is 12.0. The lowest BCUT2D eigenvalue weighted by molar-refractivity contribution is 0.0937. The molecule has 102 valence electrons. The van der Waals surface area contributed by atoms with E-state index in [1.54, 1.807) is 7.05 Å². The summed E-state index contributed by atoms with van der Waals surface area (Å²) in [5.74, 6) is 0.0195. The first-order valence-electron chi connectivity index (χ1n) is 6.21. The van der Waals surface area contributed by atoms with E-state index in [2.05, 4.69) is 10.4 Å². The van der Waals surface area contributed by atoms with Gasteiger partial charge < -0.3 is 16.2 Å². The van der Waals surface area contributed by atoms with Crippen molar-refractivity contribution in [2.75, 3.05) is 18.9 Å². The van der Waals surface area contributed by atoms with Gasteiger partial charge in [0.25, 0.3) is 5.91 Å². The lowest BCUT2D eigenvalue weighted by Gasteiger charge is -2.11. The Morgan fingerprint density at radius 2 is 2.28 bits per heavy atom. The smallest absolute Gasteiger partial charge is 0.271 e. The molecule has 1 heterocycles. The second-order valence-corrected chi connectivity index (χ2v) is 4.51. The van der Waals surface area contributed by atoms with Gasteiger partial charge in [0.1, 0.15) is 5.69 Å². The molecule has 18 heavy (non-hydrogen) atoms. The van der Waals surface area contributed by atoms with Crippen LogP contribution in [0.5, 0.6) is 0 Å². The number of aliphatic hydroxyl groups excluding tert-OH is 1. The summed E-state index contributed by atoms with van der Waals surface area (Å²) in [6.45, 7) is 4.57. The van der Waals surface area contributed by atoms with Crippen LogP contribution in [0.15, 0.2) is 0 Å². The standard InChI is InChI=1S/C12H22N4O2/c1-4-9-10(13)11(16(3)15-9)12(18)14-7-8(2)5-6-17/h8,17H,4-7,13H2,1-3H3,(H,14,18). The third-order valence-corrected chi connectivity index (χ3v) is 2.94. The summed E-state index contributed by atoms with van der Waals surface area (Å²) >= 11 is 0. The van der Waals surface area contributed by atoms with Gasteiger partial charge in [-0.1, -0.05) is 13.8 Å². The Morgan fingerprint density at radius 1 is 1.61 bits per heavy atom. The van der Waals surface area contributed by atoms with Crippen molar-refractivity contribution in [3.8, 4) is 0 Å². The zero-order valence-electron chi connectivity index (χ0n) is 11.2. The number of hydrogen-bond donors (Lipinski definition) is 3. The van der Waals surface area contributed by atoms with Crippen LogP contribution < -0.4 is 11.1 Å². The second-order valence-electron chi connectivity index (χ2n) is 4.51. The number of carbonyl (C=O) groups is 1. The zero-order chi connectivity index (χ0) is 13.7. The van der Waals surface area contributed by atoms with Crippen molar-refractivity contribution in [3.63, 3.8) is 0 Å².